The Labute approximate surface area is 103 Å². The van der Waals surface area contributed by atoms with Crippen LogP contribution in [-0.2, 0) is 13.6 Å². The minimum absolute atomic E-state index is 0.134. The first-order valence-corrected chi connectivity index (χ1v) is 5.67. The third-order valence-electron chi connectivity index (χ3n) is 2.85. The summed E-state index contributed by atoms with van der Waals surface area (Å²) in [5, 5.41) is 5.11. The highest BCUT2D eigenvalue weighted by molar-refractivity contribution is 5.78. The summed E-state index contributed by atoms with van der Waals surface area (Å²) in [5.74, 6) is 0. The molecule has 0 saturated carbocycles. The van der Waals surface area contributed by atoms with Gasteiger partial charge in [0, 0.05) is 12.4 Å². The smallest absolute Gasteiger partial charge is 0.285 e. The number of nitrogens with zero attached hydrogens (tertiary/aromatic N) is 4. The quantitative estimate of drug-likeness (QED) is 0.676. The zero-order valence-corrected chi connectivity index (χ0v) is 9.95. The number of hydrogen-bond donors (Lipinski definition) is 0. The molecule has 0 amide bonds. The van der Waals surface area contributed by atoms with Crippen LogP contribution in [0.2, 0.25) is 0 Å². The zero-order chi connectivity index (χ0) is 12.5. The van der Waals surface area contributed by atoms with E-state index in [4.69, 9.17) is 0 Å². The molecule has 0 spiro atoms. The van der Waals surface area contributed by atoms with Gasteiger partial charge in [0.1, 0.15) is 6.33 Å². The molecule has 0 atom stereocenters. The van der Waals surface area contributed by atoms with Crippen molar-refractivity contribution < 1.29 is 0 Å². The molecule has 2 aromatic heterocycles. The van der Waals surface area contributed by atoms with Crippen molar-refractivity contribution in [2.75, 3.05) is 0 Å². The summed E-state index contributed by atoms with van der Waals surface area (Å²) in [4.78, 5) is 16.2. The number of para-hydroxylation sites is 1. The minimum Gasteiger partial charge on any atom is -0.285 e. The number of aryl methyl sites for hydroxylation is 1. The number of aromatic nitrogens is 4. The molecule has 3 aromatic rings. The predicted molar refractivity (Wildman–Crippen MR) is 68.3 cm³/mol. The van der Waals surface area contributed by atoms with E-state index >= 15 is 0 Å². The fourth-order valence-electron chi connectivity index (χ4n) is 1.88. The Morgan fingerprint density at radius 3 is 2.78 bits per heavy atom. The summed E-state index contributed by atoms with van der Waals surface area (Å²) in [6.07, 6.45) is 1.50. The van der Waals surface area contributed by atoms with Crippen molar-refractivity contribution in [1.29, 1.82) is 0 Å². The van der Waals surface area contributed by atoms with Crippen molar-refractivity contribution >= 4 is 10.9 Å². The summed E-state index contributed by atoms with van der Waals surface area (Å²) in [5.41, 5.74) is 1.62. The Morgan fingerprint density at radius 1 is 1.17 bits per heavy atom. The topological polar surface area (TPSA) is 52.7 Å². The van der Waals surface area contributed by atoms with E-state index in [9.17, 15) is 4.79 Å². The molecule has 3 rings (SSSR count). The normalized spacial score (nSPS) is 10.9. The Kier molecular flexibility index (Phi) is 2.44. The lowest BCUT2D eigenvalue weighted by molar-refractivity contribution is 0.637. The first kappa shape index (κ1) is 10.7. The van der Waals surface area contributed by atoms with E-state index in [0.717, 1.165) is 16.6 Å². The Morgan fingerprint density at radius 2 is 2.00 bits per heavy atom. The van der Waals surface area contributed by atoms with Gasteiger partial charge in [-0.25, -0.2) is 9.48 Å². The van der Waals surface area contributed by atoms with Gasteiger partial charge >= 0.3 is 5.69 Å². The largest absolute Gasteiger partial charge is 0.345 e. The van der Waals surface area contributed by atoms with Gasteiger partial charge in [-0.2, -0.15) is 5.10 Å². The third-order valence-corrected chi connectivity index (χ3v) is 2.85. The van der Waals surface area contributed by atoms with Crippen molar-refractivity contribution in [2.45, 2.75) is 6.54 Å². The Hall–Kier alpha value is -2.43. The molecule has 0 bridgehead atoms. The molecular weight excluding hydrogens is 228 g/mol. The molecule has 2 heterocycles. The maximum atomic E-state index is 11.7. The molecule has 0 saturated heterocycles. The summed E-state index contributed by atoms with van der Waals surface area (Å²) in [7, 11) is 1.68. The lowest BCUT2D eigenvalue weighted by atomic mass is 10.2. The second-order valence-electron chi connectivity index (χ2n) is 4.18. The highest BCUT2D eigenvalue weighted by atomic mass is 16.2. The van der Waals surface area contributed by atoms with Crippen LogP contribution in [0.15, 0.2) is 47.5 Å². The molecule has 0 radical (unpaired) electrons. The maximum Gasteiger partial charge on any atom is 0.345 e. The third kappa shape index (κ3) is 1.79. The second-order valence-corrected chi connectivity index (χ2v) is 4.18. The van der Waals surface area contributed by atoms with Crippen LogP contribution in [0.3, 0.4) is 0 Å². The molecule has 0 aliphatic carbocycles. The average Bonchev–Trinajstić information content (AvgIpc) is 2.71. The Bertz CT molecular complexity index is 757. The van der Waals surface area contributed by atoms with Gasteiger partial charge in [0.05, 0.1) is 17.8 Å². The standard InChI is InChI=1S/C13H12N4O/c1-16-9-14-17(13(16)18)8-11-7-6-10-4-2-3-5-12(10)15-11/h2-7,9H,8H2,1H3. The molecule has 5 nitrogen and oxygen atoms in total. The van der Waals surface area contributed by atoms with E-state index in [2.05, 4.69) is 10.1 Å². The van der Waals surface area contributed by atoms with Crippen LogP contribution in [0, 0.1) is 0 Å². The summed E-state index contributed by atoms with van der Waals surface area (Å²) < 4.78 is 2.85. The lowest BCUT2D eigenvalue weighted by Crippen LogP contribution is -2.23. The van der Waals surface area contributed by atoms with E-state index < -0.39 is 0 Å². The van der Waals surface area contributed by atoms with Gasteiger partial charge in [-0.05, 0) is 12.1 Å². The monoisotopic (exact) mass is 240 g/mol. The summed E-state index contributed by atoms with van der Waals surface area (Å²) in [6.45, 7) is 0.393. The molecule has 0 aliphatic rings. The van der Waals surface area contributed by atoms with E-state index in [-0.39, 0.29) is 5.69 Å². The first-order chi connectivity index (χ1) is 8.74. The van der Waals surface area contributed by atoms with Crippen LogP contribution in [0.25, 0.3) is 10.9 Å². The number of fused-ring (bicyclic) bond motifs is 1. The highest BCUT2D eigenvalue weighted by Gasteiger charge is 2.04. The van der Waals surface area contributed by atoms with Gasteiger partial charge in [0.25, 0.3) is 0 Å². The molecular formula is C13H12N4O. The molecule has 5 heteroatoms. The highest BCUT2D eigenvalue weighted by Crippen LogP contribution is 2.11. The first-order valence-electron chi connectivity index (χ1n) is 5.67. The minimum atomic E-state index is -0.134. The van der Waals surface area contributed by atoms with Gasteiger partial charge in [-0.3, -0.25) is 9.55 Å². The van der Waals surface area contributed by atoms with Gasteiger partial charge < -0.3 is 0 Å². The van der Waals surface area contributed by atoms with Crippen LogP contribution in [-0.4, -0.2) is 19.3 Å². The summed E-state index contributed by atoms with van der Waals surface area (Å²) >= 11 is 0. The van der Waals surface area contributed by atoms with E-state index in [0.29, 0.717) is 6.54 Å². The summed E-state index contributed by atoms with van der Waals surface area (Å²) in [6, 6.07) is 11.8. The molecule has 0 unspecified atom stereocenters. The molecule has 0 fully saturated rings. The fourth-order valence-corrected chi connectivity index (χ4v) is 1.88. The van der Waals surface area contributed by atoms with Crippen LogP contribution >= 0.6 is 0 Å². The van der Waals surface area contributed by atoms with Crippen molar-refractivity contribution in [3.63, 3.8) is 0 Å². The number of rotatable bonds is 2. The fraction of sp³-hybridized carbons (Fsp3) is 0.154. The van der Waals surface area contributed by atoms with E-state index in [1.165, 1.54) is 15.6 Å². The molecule has 90 valence electrons. The molecule has 18 heavy (non-hydrogen) atoms. The molecule has 0 N–H and O–H groups in total. The van der Waals surface area contributed by atoms with Crippen molar-refractivity contribution in [2.24, 2.45) is 7.05 Å². The van der Waals surface area contributed by atoms with Crippen LogP contribution < -0.4 is 5.69 Å². The average molecular weight is 240 g/mol. The van der Waals surface area contributed by atoms with Crippen LogP contribution in [0.4, 0.5) is 0 Å². The van der Waals surface area contributed by atoms with Gasteiger partial charge in [-0.15, -0.1) is 0 Å². The number of hydrogen-bond acceptors (Lipinski definition) is 3. The number of benzene rings is 1. The zero-order valence-electron chi connectivity index (χ0n) is 9.95. The van der Waals surface area contributed by atoms with E-state index in [1.54, 1.807) is 7.05 Å². The number of pyridine rings is 1. The van der Waals surface area contributed by atoms with Crippen LogP contribution in [0.5, 0.6) is 0 Å². The lowest BCUT2D eigenvalue weighted by Gasteiger charge is -2.02. The predicted octanol–water partition coefficient (Wildman–Crippen LogP) is 1.18. The van der Waals surface area contributed by atoms with Crippen molar-refractivity contribution in [3.8, 4) is 0 Å². The molecule has 0 aliphatic heterocycles. The van der Waals surface area contributed by atoms with Crippen molar-refractivity contribution in [3.05, 3.63) is 58.9 Å². The van der Waals surface area contributed by atoms with Gasteiger partial charge in [0.15, 0.2) is 0 Å². The molecule has 1 aromatic carbocycles. The maximum absolute atomic E-state index is 11.7. The Balaban J connectivity index is 2.00. The van der Waals surface area contributed by atoms with Crippen LogP contribution in [0.1, 0.15) is 5.69 Å². The van der Waals surface area contributed by atoms with Gasteiger partial charge in [0.2, 0.25) is 0 Å². The van der Waals surface area contributed by atoms with Gasteiger partial charge in [-0.1, -0.05) is 24.3 Å². The SMILES string of the molecule is Cn1cnn(Cc2ccc3ccccc3n2)c1=O. The van der Waals surface area contributed by atoms with Crippen molar-refractivity contribution in [1.82, 2.24) is 19.3 Å². The second kappa shape index (κ2) is 4.10. The van der Waals surface area contributed by atoms with E-state index in [1.807, 2.05) is 36.4 Å².